The highest BCUT2D eigenvalue weighted by Crippen LogP contribution is 2.41. The number of hydrogen-bond donors (Lipinski definition) is 2. The fourth-order valence-corrected chi connectivity index (χ4v) is 1.95. The Bertz CT molecular complexity index is 516. The normalized spacial score (nSPS) is 10.8. The van der Waals surface area contributed by atoms with E-state index in [4.69, 9.17) is 0 Å². The third-order valence-electron chi connectivity index (χ3n) is 2.87. The van der Waals surface area contributed by atoms with E-state index in [9.17, 15) is 10.2 Å². The average molecular weight is 228 g/mol. The van der Waals surface area contributed by atoms with E-state index in [1.807, 2.05) is 44.2 Å². The first-order valence-electron chi connectivity index (χ1n) is 5.71. The lowest BCUT2D eigenvalue weighted by molar-refractivity contribution is 0.447. The van der Waals surface area contributed by atoms with Crippen molar-refractivity contribution in [3.05, 3.63) is 48.0 Å². The molecule has 0 heterocycles. The lowest BCUT2D eigenvalue weighted by Crippen LogP contribution is -1.91. The zero-order chi connectivity index (χ0) is 12.4. The van der Waals surface area contributed by atoms with Crippen LogP contribution in [0.3, 0.4) is 0 Å². The monoisotopic (exact) mass is 228 g/mol. The van der Waals surface area contributed by atoms with Crippen molar-refractivity contribution in [3.8, 4) is 22.6 Å². The van der Waals surface area contributed by atoms with Gasteiger partial charge in [0.15, 0.2) is 0 Å². The van der Waals surface area contributed by atoms with Crippen LogP contribution < -0.4 is 0 Å². The van der Waals surface area contributed by atoms with Gasteiger partial charge in [-0.25, -0.2) is 0 Å². The van der Waals surface area contributed by atoms with Gasteiger partial charge in [0.25, 0.3) is 0 Å². The number of hydrogen-bond acceptors (Lipinski definition) is 2. The van der Waals surface area contributed by atoms with Crippen LogP contribution in [0.25, 0.3) is 11.1 Å². The van der Waals surface area contributed by atoms with Crippen molar-refractivity contribution >= 4 is 0 Å². The molecule has 0 spiro atoms. The Morgan fingerprint density at radius 3 is 2.12 bits per heavy atom. The molecular weight excluding hydrogens is 212 g/mol. The maximum absolute atomic E-state index is 10.2. The fraction of sp³-hybridized carbons (Fsp3) is 0.200. The highest BCUT2D eigenvalue weighted by atomic mass is 16.3. The molecule has 2 rings (SSSR count). The van der Waals surface area contributed by atoms with Crippen LogP contribution in [0, 0.1) is 0 Å². The molecule has 0 unspecified atom stereocenters. The molecule has 88 valence electrons. The van der Waals surface area contributed by atoms with Crippen molar-refractivity contribution in [2.24, 2.45) is 0 Å². The zero-order valence-electron chi connectivity index (χ0n) is 10.0. The van der Waals surface area contributed by atoms with Crippen LogP contribution in [-0.4, -0.2) is 10.2 Å². The molecule has 17 heavy (non-hydrogen) atoms. The summed E-state index contributed by atoms with van der Waals surface area (Å²) in [6, 6.07) is 12.8. The number of phenols is 2. The second-order valence-electron chi connectivity index (χ2n) is 4.42. The fourth-order valence-electron chi connectivity index (χ4n) is 1.95. The first-order valence-corrected chi connectivity index (χ1v) is 5.71. The summed E-state index contributed by atoms with van der Waals surface area (Å²) < 4.78 is 0. The van der Waals surface area contributed by atoms with E-state index in [0.29, 0.717) is 5.56 Å². The van der Waals surface area contributed by atoms with Gasteiger partial charge in [-0.05, 0) is 23.1 Å². The van der Waals surface area contributed by atoms with Crippen molar-refractivity contribution in [3.63, 3.8) is 0 Å². The van der Waals surface area contributed by atoms with Crippen molar-refractivity contribution in [1.82, 2.24) is 0 Å². The Morgan fingerprint density at radius 2 is 1.53 bits per heavy atom. The van der Waals surface area contributed by atoms with Crippen LogP contribution >= 0.6 is 0 Å². The van der Waals surface area contributed by atoms with Gasteiger partial charge in [-0.2, -0.15) is 0 Å². The molecule has 0 aliphatic heterocycles. The average Bonchev–Trinajstić information content (AvgIpc) is 2.30. The van der Waals surface area contributed by atoms with Crippen LogP contribution in [-0.2, 0) is 0 Å². The molecule has 2 heteroatoms. The molecule has 0 aliphatic rings. The summed E-state index contributed by atoms with van der Waals surface area (Å²) in [6.45, 7) is 4.03. The Morgan fingerprint density at radius 1 is 0.882 bits per heavy atom. The lowest BCUT2D eigenvalue weighted by atomic mass is 9.95. The van der Waals surface area contributed by atoms with Gasteiger partial charge in [0, 0.05) is 0 Å². The molecule has 0 fully saturated rings. The van der Waals surface area contributed by atoms with Gasteiger partial charge in [-0.15, -0.1) is 0 Å². The number of aromatic hydroxyl groups is 2. The van der Waals surface area contributed by atoms with Gasteiger partial charge in [-0.1, -0.05) is 50.2 Å². The third-order valence-corrected chi connectivity index (χ3v) is 2.87. The summed E-state index contributed by atoms with van der Waals surface area (Å²) in [5.41, 5.74) is 2.18. The van der Waals surface area contributed by atoms with E-state index in [2.05, 4.69) is 0 Å². The Balaban J connectivity index is 2.65. The summed E-state index contributed by atoms with van der Waals surface area (Å²) in [7, 11) is 0. The molecule has 0 radical (unpaired) electrons. The molecule has 0 saturated heterocycles. The standard InChI is InChI=1S/C15H16O2/c1-10(2)12-8-9-13(16)14(15(12)17)11-6-4-3-5-7-11/h3-10,16-17H,1-2H3. The van der Waals surface area contributed by atoms with Crippen LogP contribution in [0.1, 0.15) is 25.3 Å². The minimum atomic E-state index is 0.109. The Labute approximate surface area is 101 Å². The minimum Gasteiger partial charge on any atom is -0.507 e. The topological polar surface area (TPSA) is 40.5 Å². The molecule has 2 aromatic rings. The molecule has 2 N–H and O–H groups in total. The molecule has 0 amide bonds. The van der Waals surface area contributed by atoms with Crippen LogP contribution in [0.5, 0.6) is 11.5 Å². The molecule has 0 aliphatic carbocycles. The first kappa shape index (κ1) is 11.5. The van der Waals surface area contributed by atoms with Crippen molar-refractivity contribution in [2.45, 2.75) is 19.8 Å². The van der Waals surface area contributed by atoms with E-state index in [-0.39, 0.29) is 17.4 Å². The second-order valence-corrected chi connectivity index (χ2v) is 4.42. The third kappa shape index (κ3) is 2.11. The molecule has 2 aromatic carbocycles. The van der Waals surface area contributed by atoms with Crippen molar-refractivity contribution in [2.75, 3.05) is 0 Å². The van der Waals surface area contributed by atoms with E-state index in [1.165, 1.54) is 0 Å². The van der Waals surface area contributed by atoms with Gasteiger partial charge < -0.3 is 10.2 Å². The van der Waals surface area contributed by atoms with Crippen LogP contribution in [0.15, 0.2) is 42.5 Å². The summed E-state index contributed by atoms with van der Waals surface area (Å²) in [5, 5.41) is 20.1. The maximum atomic E-state index is 10.2. The lowest BCUT2D eigenvalue weighted by Gasteiger charge is -2.14. The molecular formula is C15H16O2. The van der Waals surface area contributed by atoms with Crippen molar-refractivity contribution < 1.29 is 10.2 Å². The molecule has 0 saturated carbocycles. The summed E-state index contributed by atoms with van der Waals surface area (Å²) in [6.07, 6.45) is 0. The molecule has 2 nitrogen and oxygen atoms in total. The van der Waals surface area contributed by atoms with E-state index in [0.717, 1.165) is 11.1 Å². The number of benzene rings is 2. The first-order chi connectivity index (χ1) is 8.11. The van der Waals surface area contributed by atoms with Gasteiger partial charge in [-0.3, -0.25) is 0 Å². The number of phenolic OH excluding ortho intramolecular Hbond substituents is 2. The Kier molecular flexibility index (Phi) is 3.05. The van der Waals surface area contributed by atoms with E-state index < -0.39 is 0 Å². The SMILES string of the molecule is CC(C)c1ccc(O)c(-c2ccccc2)c1O. The van der Waals surface area contributed by atoms with Crippen LogP contribution in [0.2, 0.25) is 0 Å². The molecule has 0 atom stereocenters. The van der Waals surface area contributed by atoms with E-state index in [1.54, 1.807) is 12.1 Å². The summed E-state index contributed by atoms with van der Waals surface area (Å²) in [4.78, 5) is 0. The Hall–Kier alpha value is -1.96. The number of rotatable bonds is 2. The van der Waals surface area contributed by atoms with Crippen molar-refractivity contribution in [1.29, 1.82) is 0 Å². The molecule has 0 aromatic heterocycles. The maximum Gasteiger partial charge on any atom is 0.130 e. The predicted octanol–water partition coefficient (Wildman–Crippen LogP) is 3.89. The minimum absolute atomic E-state index is 0.109. The van der Waals surface area contributed by atoms with E-state index >= 15 is 0 Å². The molecule has 0 bridgehead atoms. The van der Waals surface area contributed by atoms with Gasteiger partial charge in [0.05, 0.1) is 5.56 Å². The second kappa shape index (κ2) is 4.50. The van der Waals surface area contributed by atoms with Crippen LogP contribution in [0.4, 0.5) is 0 Å². The van der Waals surface area contributed by atoms with Gasteiger partial charge in [0.1, 0.15) is 11.5 Å². The highest BCUT2D eigenvalue weighted by molar-refractivity contribution is 5.77. The smallest absolute Gasteiger partial charge is 0.130 e. The summed E-state index contributed by atoms with van der Waals surface area (Å²) >= 11 is 0. The quantitative estimate of drug-likeness (QED) is 0.818. The predicted molar refractivity (Wildman–Crippen MR) is 69.3 cm³/mol. The largest absolute Gasteiger partial charge is 0.507 e. The van der Waals surface area contributed by atoms with Gasteiger partial charge in [0.2, 0.25) is 0 Å². The summed E-state index contributed by atoms with van der Waals surface area (Å²) in [5.74, 6) is 0.502. The highest BCUT2D eigenvalue weighted by Gasteiger charge is 2.15. The van der Waals surface area contributed by atoms with Gasteiger partial charge >= 0.3 is 0 Å². The zero-order valence-corrected chi connectivity index (χ0v) is 10.0.